The van der Waals surface area contributed by atoms with Crippen molar-refractivity contribution in [2.75, 3.05) is 23.9 Å². The van der Waals surface area contributed by atoms with Crippen molar-refractivity contribution in [2.24, 2.45) is 0 Å². The van der Waals surface area contributed by atoms with Gasteiger partial charge in [0.1, 0.15) is 6.04 Å². The van der Waals surface area contributed by atoms with Crippen LogP contribution in [0.4, 0.5) is 5.69 Å². The molecule has 1 N–H and O–H groups in total. The van der Waals surface area contributed by atoms with Crippen LogP contribution in [0.25, 0.3) is 0 Å². The third-order valence-electron chi connectivity index (χ3n) is 7.54. The fraction of sp³-hybridized carbons (Fsp3) is 0.394. The molecular weight excluding hydrogens is 566 g/mol. The van der Waals surface area contributed by atoms with Gasteiger partial charge in [-0.2, -0.15) is 0 Å². The van der Waals surface area contributed by atoms with Gasteiger partial charge in [-0.3, -0.25) is 13.9 Å². The third-order valence-corrected chi connectivity index (χ3v) is 8.74. The molecule has 0 aliphatic carbocycles. The van der Waals surface area contributed by atoms with Crippen LogP contribution in [0.15, 0.2) is 72.8 Å². The molecular formula is C33H41N3O6S. The Bertz CT molecular complexity index is 1490. The Hall–Kier alpha value is -4.05. The van der Waals surface area contributed by atoms with E-state index in [1.807, 2.05) is 75.4 Å². The molecule has 2 amide bonds. The highest BCUT2D eigenvalue weighted by molar-refractivity contribution is 7.92. The van der Waals surface area contributed by atoms with Crippen molar-refractivity contribution in [2.45, 2.75) is 65.1 Å². The van der Waals surface area contributed by atoms with Crippen molar-refractivity contribution in [1.82, 2.24) is 10.2 Å². The van der Waals surface area contributed by atoms with E-state index < -0.39 is 16.1 Å². The second kappa shape index (κ2) is 14.4. The molecule has 4 rings (SSSR count). The van der Waals surface area contributed by atoms with E-state index in [4.69, 9.17) is 9.47 Å². The van der Waals surface area contributed by atoms with Gasteiger partial charge < -0.3 is 19.7 Å². The van der Waals surface area contributed by atoms with E-state index in [2.05, 4.69) is 5.32 Å². The Labute approximate surface area is 254 Å². The maximum Gasteiger partial charge on any atom is 0.243 e. The molecule has 2 atom stereocenters. The number of anilines is 1. The maximum atomic E-state index is 14.0. The predicted molar refractivity (Wildman–Crippen MR) is 168 cm³/mol. The molecule has 0 radical (unpaired) electrons. The molecule has 0 fully saturated rings. The number of aryl methyl sites for hydroxylation is 1. The van der Waals surface area contributed by atoms with Gasteiger partial charge >= 0.3 is 0 Å². The maximum absolute atomic E-state index is 14.0. The molecule has 0 bridgehead atoms. The summed E-state index contributed by atoms with van der Waals surface area (Å²) >= 11 is 0. The van der Waals surface area contributed by atoms with E-state index >= 15 is 0 Å². The Kier molecular flexibility index (Phi) is 10.7. The number of rotatable bonds is 14. The molecule has 43 heavy (non-hydrogen) atoms. The summed E-state index contributed by atoms with van der Waals surface area (Å²) < 4.78 is 37.5. The summed E-state index contributed by atoms with van der Waals surface area (Å²) in [4.78, 5) is 29.3. The van der Waals surface area contributed by atoms with Crippen LogP contribution in [0, 0.1) is 6.92 Å². The zero-order valence-electron chi connectivity index (χ0n) is 25.3. The Morgan fingerprint density at radius 1 is 0.953 bits per heavy atom. The number of nitrogens with one attached hydrogen (secondary N) is 1. The average Bonchev–Trinajstić information content (AvgIpc) is 3.46. The van der Waals surface area contributed by atoms with E-state index in [0.29, 0.717) is 23.6 Å². The number of carbonyl (C=O) groups is 2. The second-order valence-corrected chi connectivity index (χ2v) is 12.9. The van der Waals surface area contributed by atoms with Crippen LogP contribution in [0.5, 0.6) is 11.5 Å². The standard InChI is InChI=1S/C33H41N3O6S/c1-5-25(3)34-33(38)29(20-26-10-7-6-8-11-26)35(22-27-15-13-24(2)14-16-27)32(37)12-9-19-36(43(4,39)40)28-17-18-30-31(21-28)42-23-41-30/h6-8,10-11,13-18,21,25,29H,5,9,12,19-20,22-23H2,1-4H3,(H,34,38)/t25-,29-/m0/s1. The van der Waals surface area contributed by atoms with E-state index in [1.165, 1.54) is 4.31 Å². The second-order valence-electron chi connectivity index (χ2n) is 11.0. The van der Waals surface area contributed by atoms with Crippen LogP contribution >= 0.6 is 0 Å². The van der Waals surface area contributed by atoms with Gasteiger partial charge in [0.2, 0.25) is 28.6 Å². The average molecular weight is 608 g/mol. The molecule has 0 saturated heterocycles. The SMILES string of the molecule is CC[C@H](C)NC(=O)[C@H](Cc1ccccc1)N(Cc1ccc(C)cc1)C(=O)CCCN(c1ccc2c(c1)OCO2)S(C)(=O)=O. The van der Waals surface area contributed by atoms with E-state index in [9.17, 15) is 18.0 Å². The van der Waals surface area contributed by atoms with Crippen LogP contribution in [-0.4, -0.2) is 56.8 Å². The minimum absolute atomic E-state index is 0.0490. The van der Waals surface area contributed by atoms with E-state index in [1.54, 1.807) is 23.1 Å². The molecule has 230 valence electrons. The zero-order valence-corrected chi connectivity index (χ0v) is 26.1. The number of carbonyl (C=O) groups excluding carboxylic acids is 2. The first-order chi connectivity index (χ1) is 20.5. The minimum atomic E-state index is -3.65. The lowest BCUT2D eigenvalue weighted by molar-refractivity contribution is -0.141. The van der Waals surface area contributed by atoms with Crippen LogP contribution in [0.2, 0.25) is 0 Å². The highest BCUT2D eigenvalue weighted by atomic mass is 32.2. The monoisotopic (exact) mass is 607 g/mol. The third kappa shape index (κ3) is 8.73. The molecule has 3 aromatic carbocycles. The summed E-state index contributed by atoms with van der Waals surface area (Å²) in [7, 11) is -3.65. The first kappa shape index (κ1) is 31.9. The van der Waals surface area contributed by atoms with Crippen LogP contribution < -0.4 is 19.1 Å². The molecule has 0 unspecified atom stereocenters. The first-order valence-electron chi connectivity index (χ1n) is 14.6. The van der Waals surface area contributed by atoms with Gasteiger partial charge in [-0.05, 0) is 49.9 Å². The molecule has 1 heterocycles. The van der Waals surface area contributed by atoms with Gasteiger partial charge in [0.15, 0.2) is 11.5 Å². The van der Waals surface area contributed by atoms with Gasteiger partial charge in [-0.15, -0.1) is 0 Å². The smallest absolute Gasteiger partial charge is 0.243 e. The molecule has 0 saturated carbocycles. The number of amides is 2. The number of hydrogen-bond acceptors (Lipinski definition) is 6. The number of ether oxygens (including phenoxy) is 2. The Morgan fingerprint density at radius 3 is 2.33 bits per heavy atom. The van der Waals surface area contributed by atoms with Crippen molar-refractivity contribution in [3.8, 4) is 11.5 Å². The summed E-state index contributed by atoms with van der Waals surface area (Å²) in [6, 6.07) is 21.7. The highest BCUT2D eigenvalue weighted by Gasteiger charge is 2.31. The summed E-state index contributed by atoms with van der Waals surface area (Å²) in [5, 5.41) is 3.07. The Morgan fingerprint density at radius 2 is 1.65 bits per heavy atom. The van der Waals surface area contributed by atoms with Gasteiger partial charge in [0.25, 0.3) is 0 Å². The number of sulfonamides is 1. The van der Waals surface area contributed by atoms with Crippen molar-refractivity contribution in [1.29, 1.82) is 0 Å². The summed E-state index contributed by atoms with van der Waals surface area (Å²) in [6.07, 6.45) is 2.57. The van der Waals surface area contributed by atoms with Crippen LogP contribution in [-0.2, 0) is 32.6 Å². The summed E-state index contributed by atoms with van der Waals surface area (Å²) in [6.45, 7) is 6.36. The van der Waals surface area contributed by atoms with E-state index in [-0.39, 0.29) is 50.6 Å². The fourth-order valence-corrected chi connectivity index (χ4v) is 5.89. The molecule has 3 aromatic rings. The largest absolute Gasteiger partial charge is 0.454 e. The normalized spacial score (nSPS) is 13.7. The number of hydrogen-bond donors (Lipinski definition) is 1. The molecule has 10 heteroatoms. The van der Waals surface area contributed by atoms with E-state index in [0.717, 1.165) is 29.4 Å². The fourth-order valence-electron chi connectivity index (χ4n) is 4.93. The van der Waals surface area contributed by atoms with Gasteiger partial charge in [0.05, 0.1) is 11.9 Å². The topological polar surface area (TPSA) is 105 Å². The molecule has 9 nitrogen and oxygen atoms in total. The Balaban J connectivity index is 1.58. The first-order valence-corrected chi connectivity index (χ1v) is 16.5. The zero-order chi connectivity index (χ0) is 31.0. The number of nitrogens with zero attached hydrogens (tertiary/aromatic N) is 2. The van der Waals surface area contributed by atoms with Crippen molar-refractivity contribution < 1.29 is 27.5 Å². The number of benzene rings is 3. The number of fused-ring (bicyclic) bond motifs is 1. The van der Waals surface area contributed by atoms with Crippen molar-refractivity contribution in [3.05, 3.63) is 89.5 Å². The van der Waals surface area contributed by atoms with Crippen molar-refractivity contribution >= 4 is 27.5 Å². The summed E-state index contributed by atoms with van der Waals surface area (Å²) in [5.74, 6) is 0.596. The van der Waals surface area contributed by atoms with Crippen LogP contribution in [0.1, 0.15) is 49.8 Å². The van der Waals surface area contributed by atoms with Crippen LogP contribution in [0.3, 0.4) is 0 Å². The molecule has 1 aliphatic rings. The summed E-state index contributed by atoms with van der Waals surface area (Å²) in [5.41, 5.74) is 3.39. The lowest BCUT2D eigenvalue weighted by Crippen LogP contribution is -2.52. The van der Waals surface area contributed by atoms with Gasteiger partial charge in [0, 0.05) is 38.0 Å². The quantitative estimate of drug-likeness (QED) is 0.282. The lowest BCUT2D eigenvalue weighted by atomic mass is 10.0. The van der Waals surface area contributed by atoms with Crippen molar-refractivity contribution in [3.63, 3.8) is 0 Å². The van der Waals surface area contributed by atoms with Gasteiger partial charge in [-0.25, -0.2) is 8.42 Å². The highest BCUT2D eigenvalue weighted by Crippen LogP contribution is 2.36. The predicted octanol–water partition coefficient (Wildman–Crippen LogP) is 4.82. The lowest BCUT2D eigenvalue weighted by Gasteiger charge is -2.32. The molecule has 0 aromatic heterocycles. The molecule has 0 spiro atoms. The van der Waals surface area contributed by atoms with Gasteiger partial charge in [-0.1, -0.05) is 67.1 Å². The minimum Gasteiger partial charge on any atom is -0.454 e. The molecule has 1 aliphatic heterocycles.